The van der Waals surface area contributed by atoms with Gasteiger partial charge in [-0.15, -0.1) is 0 Å². The van der Waals surface area contributed by atoms with Crippen molar-refractivity contribution < 1.29 is 0 Å². The van der Waals surface area contributed by atoms with E-state index < -0.39 is 0 Å². The first-order valence-corrected chi connectivity index (χ1v) is 6.28. The quantitative estimate of drug-likeness (QED) is 0.862. The van der Waals surface area contributed by atoms with Crippen LogP contribution in [0.15, 0.2) is 36.2 Å². The molecule has 0 radical (unpaired) electrons. The molecule has 1 aliphatic rings. The number of hydrogen-bond donors (Lipinski definition) is 2. The van der Waals surface area contributed by atoms with Crippen LogP contribution in [-0.2, 0) is 0 Å². The molecule has 17 heavy (non-hydrogen) atoms. The third kappa shape index (κ3) is 3.07. The summed E-state index contributed by atoms with van der Waals surface area (Å²) in [5.74, 6) is 1.27. The number of halogens is 1. The number of hydrogen-bond acceptors (Lipinski definition) is 3. The highest BCUT2D eigenvalue weighted by Gasteiger charge is 2.16. The Labute approximate surface area is 107 Å². The van der Waals surface area contributed by atoms with Gasteiger partial charge in [-0.2, -0.15) is 0 Å². The molecule has 1 heterocycles. The van der Waals surface area contributed by atoms with E-state index in [4.69, 9.17) is 17.3 Å². The summed E-state index contributed by atoms with van der Waals surface area (Å²) in [5, 5.41) is 3.93. The Balaban J connectivity index is 2.04. The second-order valence-corrected chi connectivity index (χ2v) is 4.71. The summed E-state index contributed by atoms with van der Waals surface area (Å²) >= 11 is 5.89. The molecule has 0 bridgehead atoms. The molecule has 0 aromatic heterocycles. The predicted molar refractivity (Wildman–Crippen MR) is 73.1 cm³/mol. The molecule has 1 atom stereocenters. The average molecular weight is 252 g/mol. The molecular weight excluding hydrogens is 234 g/mol. The first-order chi connectivity index (χ1) is 8.19. The largest absolute Gasteiger partial charge is 0.386 e. The van der Waals surface area contributed by atoms with Gasteiger partial charge in [-0.1, -0.05) is 11.6 Å². The van der Waals surface area contributed by atoms with E-state index in [1.165, 1.54) is 5.69 Å². The molecule has 0 saturated heterocycles. The van der Waals surface area contributed by atoms with E-state index in [2.05, 4.69) is 35.3 Å². The number of anilines is 1. The van der Waals surface area contributed by atoms with Gasteiger partial charge in [0.1, 0.15) is 0 Å². The Morgan fingerprint density at radius 1 is 1.41 bits per heavy atom. The normalized spacial score (nSPS) is 18.7. The van der Waals surface area contributed by atoms with Crippen molar-refractivity contribution in [2.24, 2.45) is 11.7 Å². The first-order valence-electron chi connectivity index (χ1n) is 5.90. The summed E-state index contributed by atoms with van der Waals surface area (Å²) in [5.41, 5.74) is 6.92. The standard InChI is InChI=1S/C13H18ClN3/c1-2-17(9-10-7-13(15)16-8-10)12-5-3-11(14)4-6-12/h3-7,10,16H,2,8-9,15H2,1H3/t10-/m0/s1. The Bertz CT molecular complexity index is 400. The van der Waals surface area contributed by atoms with Gasteiger partial charge in [0, 0.05) is 36.3 Å². The monoisotopic (exact) mass is 251 g/mol. The Morgan fingerprint density at radius 3 is 2.65 bits per heavy atom. The van der Waals surface area contributed by atoms with Gasteiger partial charge in [0.25, 0.3) is 0 Å². The van der Waals surface area contributed by atoms with E-state index in [9.17, 15) is 0 Å². The molecule has 0 amide bonds. The van der Waals surface area contributed by atoms with Gasteiger partial charge in [0.05, 0.1) is 5.82 Å². The molecule has 1 aromatic carbocycles. The fourth-order valence-electron chi connectivity index (χ4n) is 2.09. The van der Waals surface area contributed by atoms with E-state index in [1.807, 2.05) is 12.1 Å². The minimum atomic E-state index is 0.477. The maximum Gasteiger partial charge on any atom is 0.0923 e. The van der Waals surface area contributed by atoms with E-state index in [0.29, 0.717) is 5.92 Å². The molecular formula is C13H18ClN3. The number of nitrogens with two attached hydrogens (primary N) is 1. The zero-order chi connectivity index (χ0) is 12.3. The number of nitrogens with zero attached hydrogens (tertiary/aromatic N) is 1. The maximum atomic E-state index is 5.89. The highest BCUT2D eigenvalue weighted by atomic mass is 35.5. The molecule has 0 unspecified atom stereocenters. The maximum absolute atomic E-state index is 5.89. The zero-order valence-corrected chi connectivity index (χ0v) is 10.7. The third-order valence-corrected chi connectivity index (χ3v) is 3.26. The Hall–Kier alpha value is -1.35. The fourth-order valence-corrected chi connectivity index (χ4v) is 2.22. The van der Waals surface area contributed by atoms with Crippen molar-refractivity contribution in [3.63, 3.8) is 0 Å². The molecule has 0 spiro atoms. The van der Waals surface area contributed by atoms with Crippen molar-refractivity contribution in [2.75, 3.05) is 24.5 Å². The van der Waals surface area contributed by atoms with Crippen molar-refractivity contribution in [1.29, 1.82) is 0 Å². The summed E-state index contributed by atoms with van der Waals surface area (Å²) in [7, 11) is 0. The molecule has 3 N–H and O–H groups in total. The molecule has 1 aliphatic heterocycles. The van der Waals surface area contributed by atoms with Crippen LogP contribution in [0, 0.1) is 5.92 Å². The fraction of sp³-hybridized carbons (Fsp3) is 0.385. The number of benzene rings is 1. The van der Waals surface area contributed by atoms with Crippen LogP contribution in [0.3, 0.4) is 0 Å². The summed E-state index contributed by atoms with van der Waals surface area (Å²) in [6, 6.07) is 7.97. The van der Waals surface area contributed by atoms with Gasteiger partial charge < -0.3 is 16.0 Å². The molecule has 3 nitrogen and oxygen atoms in total. The molecule has 92 valence electrons. The van der Waals surface area contributed by atoms with Gasteiger partial charge in [-0.25, -0.2) is 0 Å². The molecule has 0 fully saturated rings. The van der Waals surface area contributed by atoms with Gasteiger partial charge in [-0.3, -0.25) is 0 Å². The van der Waals surface area contributed by atoms with Crippen LogP contribution in [0.25, 0.3) is 0 Å². The SMILES string of the molecule is CCN(C[C@H]1C=C(N)NC1)c1ccc(Cl)cc1. The highest BCUT2D eigenvalue weighted by Crippen LogP contribution is 2.20. The van der Waals surface area contributed by atoms with E-state index in [-0.39, 0.29) is 0 Å². The van der Waals surface area contributed by atoms with Gasteiger partial charge in [-0.05, 0) is 37.3 Å². The summed E-state index contributed by atoms with van der Waals surface area (Å²) in [6.07, 6.45) is 2.10. The summed E-state index contributed by atoms with van der Waals surface area (Å²) in [4.78, 5) is 2.33. The van der Waals surface area contributed by atoms with Crippen molar-refractivity contribution in [3.8, 4) is 0 Å². The van der Waals surface area contributed by atoms with Crippen molar-refractivity contribution in [2.45, 2.75) is 6.92 Å². The highest BCUT2D eigenvalue weighted by molar-refractivity contribution is 6.30. The van der Waals surface area contributed by atoms with Crippen LogP contribution >= 0.6 is 11.6 Å². The van der Waals surface area contributed by atoms with Crippen molar-refractivity contribution in [1.82, 2.24) is 5.32 Å². The lowest BCUT2D eigenvalue weighted by atomic mass is 10.1. The van der Waals surface area contributed by atoms with E-state index >= 15 is 0 Å². The summed E-state index contributed by atoms with van der Waals surface area (Å²) < 4.78 is 0. The van der Waals surface area contributed by atoms with E-state index in [1.54, 1.807) is 0 Å². The van der Waals surface area contributed by atoms with Crippen molar-refractivity contribution >= 4 is 17.3 Å². The second kappa shape index (κ2) is 5.32. The lowest BCUT2D eigenvalue weighted by Crippen LogP contribution is -2.30. The summed E-state index contributed by atoms with van der Waals surface area (Å²) in [6.45, 7) is 5.04. The van der Waals surface area contributed by atoms with Gasteiger partial charge >= 0.3 is 0 Å². The number of rotatable bonds is 4. The number of nitrogens with one attached hydrogen (secondary N) is 1. The topological polar surface area (TPSA) is 41.3 Å². The Morgan fingerprint density at radius 2 is 2.12 bits per heavy atom. The predicted octanol–water partition coefficient (Wildman–Crippen LogP) is 2.19. The molecule has 1 aromatic rings. The van der Waals surface area contributed by atoms with Crippen LogP contribution in [0.5, 0.6) is 0 Å². The third-order valence-electron chi connectivity index (χ3n) is 3.01. The minimum absolute atomic E-state index is 0.477. The van der Waals surface area contributed by atoms with Gasteiger partial charge in [0.2, 0.25) is 0 Å². The molecule has 0 saturated carbocycles. The van der Waals surface area contributed by atoms with Crippen LogP contribution in [0.2, 0.25) is 5.02 Å². The second-order valence-electron chi connectivity index (χ2n) is 4.28. The molecule has 0 aliphatic carbocycles. The minimum Gasteiger partial charge on any atom is -0.386 e. The average Bonchev–Trinajstić information content (AvgIpc) is 2.73. The zero-order valence-electron chi connectivity index (χ0n) is 9.99. The lowest BCUT2D eigenvalue weighted by molar-refractivity contribution is 0.624. The molecule has 2 rings (SSSR count). The smallest absolute Gasteiger partial charge is 0.0923 e. The van der Waals surface area contributed by atoms with Crippen LogP contribution in [-0.4, -0.2) is 19.6 Å². The van der Waals surface area contributed by atoms with Crippen molar-refractivity contribution in [3.05, 3.63) is 41.2 Å². The first kappa shape index (κ1) is 12.1. The van der Waals surface area contributed by atoms with Gasteiger partial charge in [0.15, 0.2) is 0 Å². The molecule has 4 heteroatoms. The lowest BCUT2D eigenvalue weighted by Gasteiger charge is -2.25. The van der Waals surface area contributed by atoms with E-state index in [0.717, 1.165) is 30.5 Å². The van der Waals surface area contributed by atoms with Crippen LogP contribution in [0.4, 0.5) is 5.69 Å². The van der Waals surface area contributed by atoms with Crippen LogP contribution < -0.4 is 16.0 Å². The van der Waals surface area contributed by atoms with Crippen LogP contribution in [0.1, 0.15) is 6.92 Å². The Kier molecular flexibility index (Phi) is 3.79.